The van der Waals surface area contributed by atoms with Gasteiger partial charge >= 0.3 is 0 Å². The standard InChI is InChI=1S/C26H32FN3O3/c27-22-6-1-3-18(13-22)9-10-29(25(32)17-31)11-12-30-23-7-8-24(30)16-21(15-23)19-4-2-5-20(14-19)26(28)33/h1-6,13-14,21,23-24,31H,7-12,15-17H2,(H2,28,33)/t21-,23+,24-. The molecule has 2 aromatic rings. The van der Waals surface area contributed by atoms with Gasteiger partial charge in [0.15, 0.2) is 0 Å². The van der Waals surface area contributed by atoms with Crippen molar-refractivity contribution in [3.05, 3.63) is 71.0 Å². The molecule has 3 N–H and O–H groups in total. The van der Waals surface area contributed by atoms with E-state index in [0.29, 0.717) is 43.1 Å². The Balaban J connectivity index is 1.36. The third-order valence-electron chi connectivity index (χ3n) is 7.20. The number of primary amides is 1. The number of aliphatic hydroxyl groups excluding tert-OH is 1. The number of aliphatic hydroxyl groups is 1. The van der Waals surface area contributed by atoms with E-state index in [4.69, 9.17) is 5.73 Å². The van der Waals surface area contributed by atoms with E-state index in [1.807, 2.05) is 18.2 Å². The summed E-state index contributed by atoms with van der Waals surface area (Å²) in [6.45, 7) is 1.24. The molecule has 4 rings (SSSR count). The Hall–Kier alpha value is -2.77. The first kappa shape index (κ1) is 23.4. The van der Waals surface area contributed by atoms with Crippen LogP contribution in [0, 0.1) is 5.82 Å². The van der Waals surface area contributed by atoms with Crippen LogP contribution in [-0.2, 0) is 11.2 Å². The largest absolute Gasteiger partial charge is 0.387 e. The van der Waals surface area contributed by atoms with Gasteiger partial charge in [-0.25, -0.2) is 4.39 Å². The van der Waals surface area contributed by atoms with Gasteiger partial charge in [-0.1, -0.05) is 24.3 Å². The van der Waals surface area contributed by atoms with Gasteiger partial charge in [-0.3, -0.25) is 14.5 Å². The van der Waals surface area contributed by atoms with E-state index in [1.54, 1.807) is 17.0 Å². The maximum Gasteiger partial charge on any atom is 0.248 e. The molecular weight excluding hydrogens is 421 g/mol. The van der Waals surface area contributed by atoms with Crippen molar-refractivity contribution < 1.29 is 19.1 Å². The number of nitrogens with two attached hydrogens (primary N) is 1. The van der Waals surface area contributed by atoms with Gasteiger partial charge < -0.3 is 15.7 Å². The molecule has 6 nitrogen and oxygen atoms in total. The van der Waals surface area contributed by atoms with Gasteiger partial charge in [0, 0.05) is 37.3 Å². The smallest absolute Gasteiger partial charge is 0.248 e. The van der Waals surface area contributed by atoms with Crippen LogP contribution in [0.15, 0.2) is 48.5 Å². The summed E-state index contributed by atoms with van der Waals surface area (Å²) in [7, 11) is 0. The van der Waals surface area contributed by atoms with Gasteiger partial charge in [-0.2, -0.15) is 0 Å². The van der Waals surface area contributed by atoms with Crippen LogP contribution in [0.5, 0.6) is 0 Å². The first-order chi connectivity index (χ1) is 15.9. The summed E-state index contributed by atoms with van der Waals surface area (Å²) in [4.78, 5) is 28.1. The second kappa shape index (κ2) is 10.4. The van der Waals surface area contributed by atoms with Gasteiger partial charge in [0.1, 0.15) is 12.4 Å². The lowest BCUT2D eigenvalue weighted by Gasteiger charge is -2.40. The Bertz CT molecular complexity index is 984. The lowest BCUT2D eigenvalue weighted by atomic mass is 9.84. The Kier molecular flexibility index (Phi) is 7.40. The molecule has 33 heavy (non-hydrogen) atoms. The monoisotopic (exact) mass is 453 g/mol. The van der Waals surface area contributed by atoms with Crippen molar-refractivity contribution in [3.8, 4) is 0 Å². The number of amides is 2. The molecule has 0 unspecified atom stereocenters. The number of rotatable bonds is 9. The highest BCUT2D eigenvalue weighted by Gasteiger charge is 2.41. The maximum absolute atomic E-state index is 13.5. The Morgan fingerprint density at radius 3 is 2.45 bits per heavy atom. The molecule has 0 aromatic heterocycles. The quantitative estimate of drug-likeness (QED) is 0.611. The molecule has 7 heteroatoms. The van der Waals surface area contributed by atoms with Crippen LogP contribution in [0.1, 0.15) is 53.1 Å². The molecular formula is C26H32FN3O3. The number of piperidine rings is 1. The van der Waals surface area contributed by atoms with Crippen molar-refractivity contribution in [2.24, 2.45) is 5.73 Å². The van der Waals surface area contributed by atoms with Gasteiger partial charge in [-0.15, -0.1) is 0 Å². The molecule has 2 aliphatic heterocycles. The second-order valence-electron chi connectivity index (χ2n) is 9.20. The van der Waals surface area contributed by atoms with Crippen molar-refractivity contribution in [1.82, 2.24) is 9.80 Å². The van der Waals surface area contributed by atoms with Crippen LogP contribution < -0.4 is 5.73 Å². The van der Waals surface area contributed by atoms with Gasteiger partial charge in [0.05, 0.1) is 0 Å². The van der Waals surface area contributed by atoms with E-state index < -0.39 is 12.5 Å². The van der Waals surface area contributed by atoms with Crippen molar-refractivity contribution in [2.45, 2.75) is 50.1 Å². The normalized spacial score (nSPS) is 22.3. The summed E-state index contributed by atoms with van der Waals surface area (Å²) in [5.41, 5.74) is 8.03. The zero-order valence-electron chi connectivity index (χ0n) is 18.8. The summed E-state index contributed by atoms with van der Waals surface area (Å²) in [6, 6.07) is 15.0. The van der Waals surface area contributed by atoms with Crippen LogP contribution in [0.25, 0.3) is 0 Å². The molecule has 0 saturated carbocycles. The Labute approximate surface area is 194 Å². The molecule has 2 saturated heterocycles. The SMILES string of the molecule is NC(=O)c1cccc([C@H]2C[C@H]3CC[C@@H](C2)N3CCN(CCc2cccc(F)c2)C(=O)CO)c1. The number of benzene rings is 2. The summed E-state index contributed by atoms with van der Waals surface area (Å²) in [6.07, 6.45) is 4.86. The van der Waals surface area contributed by atoms with E-state index in [1.165, 1.54) is 17.7 Å². The van der Waals surface area contributed by atoms with Crippen molar-refractivity contribution >= 4 is 11.8 Å². The second-order valence-corrected chi connectivity index (χ2v) is 9.20. The van der Waals surface area contributed by atoms with Crippen LogP contribution >= 0.6 is 0 Å². The molecule has 176 valence electrons. The fourth-order valence-electron chi connectivity index (χ4n) is 5.51. The summed E-state index contributed by atoms with van der Waals surface area (Å²) >= 11 is 0. The fourth-order valence-corrected chi connectivity index (χ4v) is 5.51. The average molecular weight is 454 g/mol. The lowest BCUT2D eigenvalue weighted by molar-refractivity contribution is -0.134. The molecule has 0 aliphatic carbocycles. The van der Waals surface area contributed by atoms with Crippen molar-refractivity contribution in [3.63, 3.8) is 0 Å². The number of halogens is 1. The number of hydrogen-bond donors (Lipinski definition) is 2. The summed E-state index contributed by atoms with van der Waals surface area (Å²) in [5.74, 6) is -0.574. The van der Waals surface area contributed by atoms with Crippen LogP contribution in [0.2, 0.25) is 0 Å². The van der Waals surface area contributed by atoms with Crippen molar-refractivity contribution in [1.29, 1.82) is 0 Å². The van der Waals surface area contributed by atoms with Crippen molar-refractivity contribution in [2.75, 3.05) is 26.2 Å². The summed E-state index contributed by atoms with van der Waals surface area (Å²) < 4.78 is 13.5. The maximum atomic E-state index is 13.5. The minimum absolute atomic E-state index is 0.284. The van der Waals surface area contributed by atoms with E-state index in [0.717, 1.165) is 37.8 Å². The Morgan fingerprint density at radius 2 is 1.79 bits per heavy atom. The molecule has 2 fully saturated rings. The predicted octanol–water partition coefficient (Wildman–Crippen LogP) is 2.70. The third kappa shape index (κ3) is 5.60. The molecule has 3 atom stereocenters. The summed E-state index contributed by atoms with van der Waals surface area (Å²) in [5, 5.41) is 9.42. The van der Waals surface area contributed by atoms with Gasteiger partial charge in [0.25, 0.3) is 0 Å². The minimum atomic E-state index is -0.520. The number of nitrogens with zero attached hydrogens (tertiary/aromatic N) is 2. The topological polar surface area (TPSA) is 86.9 Å². The van der Waals surface area contributed by atoms with E-state index in [2.05, 4.69) is 11.0 Å². The van der Waals surface area contributed by atoms with Crippen LogP contribution in [0.3, 0.4) is 0 Å². The highest BCUT2D eigenvalue weighted by molar-refractivity contribution is 5.92. The molecule has 0 radical (unpaired) electrons. The Morgan fingerprint density at radius 1 is 1.06 bits per heavy atom. The van der Waals surface area contributed by atoms with E-state index in [-0.39, 0.29) is 11.7 Å². The minimum Gasteiger partial charge on any atom is -0.387 e. The average Bonchev–Trinajstić information content (AvgIpc) is 3.05. The third-order valence-corrected chi connectivity index (χ3v) is 7.20. The molecule has 2 aromatic carbocycles. The number of carbonyl (C=O) groups excluding carboxylic acids is 2. The zero-order valence-corrected chi connectivity index (χ0v) is 18.8. The first-order valence-electron chi connectivity index (χ1n) is 11.7. The highest BCUT2D eigenvalue weighted by atomic mass is 19.1. The predicted molar refractivity (Wildman–Crippen MR) is 124 cm³/mol. The molecule has 2 heterocycles. The highest BCUT2D eigenvalue weighted by Crippen LogP contribution is 2.43. The zero-order chi connectivity index (χ0) is 23.4. The molecule has 2 amide bonds. The molecule has 2 aliphatic rings. The van der Waals surface area contributed by atoms with Crippen LogP contribution in [0.4, 0.5) is 4.39 Å². The molecule has 2 bridgehead atoms. The van der Waals surface area contributed by atoms with Gasteiger partial charge in [0.2, 0.25) is 11.8 Å². The lowest BCUT2D eigenvalue weighted by Crippen LogP contribution is -2.47. The number of hydrogen-bond acceptors (Lipinski definition) is 4. The van der Waals surface area contributed by atoms with E-state index in [9.17, 15) is 19.1 Å². The van der Waals surface area contributed by atoms with Gasteiger partial charge in [-0.05, 0) is 73.4 Å². The number of carbonyl (C=O) groups is 2. The number of fused-ring (bicyclic) bond motifs is 2. The van der Waals surface area contributed by atoms with E-state index >= 15 is 0 Å². The first-order valence-corrected chi connectivity index (χ1v) is 11.7. The fraction of sp³-hybridized carbons (Fsp3) is 0.462. The molecule has 0 spiro atoms. The van der Waals surface area contributed by atoms with Crippen LogP contribution in [-0.4, -0.2) is 65.0 Å².